The maximum atomic E-state index is 14.5. The molecule has 0 aliphatic carbocycles. The van der Waals surface area contributed by atoms with Gasteiger partial charge in [0.2, 0.25) is 29.9 Å². The molecule has 109 heavy (non-hydrogen) atoms. The minimum Gasteiger partial charge on any atom is -0.460 e. The first-order valence-electron chi connectivity index (χ1n) is 38.2. The molecular weight excluding hydrogens is 1420 g/mol. The molecule has 5 N–H and O–H groups in total. The monoisotopic (exact) mass is 1550 g/mol. The van der Waals surface area contributed by atoms with Crippen LogP contribution in [0.5, 0.6) is 5.75 Å². The van der Waals surface area contributed by atoms with Crippen molar-refractivity contribution in [3.05, 3.63) is 59.7 Å². The Balaban J connectivity index is 1.24. The molecule has 2 fully saturated rings. The Morgan fingerprint density at radius 3 is 1.78 bits per heavy atom. The fraction of sp³-hybridized carbons (Fsp3) is 0.744. The lowest BCUT2D eigenvalue weighted by Crippen LogP contribution is -2.54. The van der Waals surface area contributed by atoms with Crippen molar-refractivity contribution < 1.29 is 120 Å². The predicted octanol–water partition coefficient (Wildman–Crippen LogP) is 7.23. The Bertz CT molecular complexity index is 3020. The van der Waals surface area contributed by atoms with Gasteiger partial charge in [0.25, 0.3) is 0 Å². The number of aliphatic hydroxyl groups excluding tert-OH is 2. The number of ketones is 1. The molecule has 15 atom stereocenters. The molecule has 0 saturated carbocycles. The fourth-order valence-corrected chi connectivity index (χ4v) is 13.0. The maximum Gasteiger partial charge on any atom is 0.431 e. The minimum absolute atomic E-state index is 0.0108. The van der Waals surface area contributed by atoms with Crippen LogP contribution in [0.1, 0.15) is 146 Å². The molecule has 0 aromatic heterocycles. The van der Waals surface area contributed by atoms with Gasteiger partial charge in [0, 0.05) is 64.2 Å². The van der Waals surface area contributed by atoms with Crippen molar-refractivity contribution in [2.45, 2.75) is 202 Å². The second-order valence-corrected chi connectivity index (χ2v) is 29.2. The molecule has 2 saturated heterocycles. The zero-order valence-electron chi connectivity index (χ0n) is 67.5. The number of hydrogen-bond donors (Lipinski definition) is 5. The number of methoxy groups -OCH3 is 1. The van der Waals surface area contributed by atoms with E-state index in [-0.39, 0.29) is 99.5 Å². The van der Waals surface area contributed by atoms with E-state index >= 15 is 0 Å². The van der Waals surface area contributed by atoms with Gasteiger partial charge >= 0.3 is 18.2 Å². The van der Waals surface area contributed by atoms with Gasteiger partial charge in [-0.2, -0.15) is 5.48 Å². The summed E-state index contributed by atoms with van der Waals surface area (Å²) in [6.07, 6.45) is -5.59. The van der Waals surface area contributed by atoms with Crippen molar-refractivity contribution in [2.24, 2.45) is 35.5 Å². The van der Waals surface area contributed by atoms with Gasteiger partial charge in [0.15, 0.2) is 11.9 Å². The average Bonchev–Trinajstić information content (AvgIpc) is 1.68. The molecule has 2 aliphatic heterocycles. The SMILES string of the molecule is CC[C@H](C)[C@@H]([C@H](O)CC(=O)N1CCC[C@H]1[C@H](OC)[C@@H](C)C(=O)N[C@H](C)[C@@H](O)c1ccccc1)N(C)C(=O)[C@H](C)CC(=O)[C@H](C(C)C)N(C)C(=O)OCc1cc(NC(=O)COCCOCCOCCOCCOCCOCCOCCOCCONC(=O)OC(C)(C)C)ccc1O[C@@H]1OC(C)[C@@H](C)[C@H](C)C1OC(C)=O. The molecule has 2 heterocycles. The molecular formula is C78H128N6O25. The number of likely N-dealkylation sites (tertiary alicyclic amines) is 1. The highest BCUT2D eigenvalue weighted by molar-refractivity contribution is 5.93. The molecule has 2 aromatic carbocycles. The predicted molar refractivity (Wildman–Crippen MR) is 401 cm³/mol. The van der Waals surface area contributed by atoms with Crippen LogP contribution in [0.4, 0.5) is 15.3 Å². The average molecular weight is 1550 g/mol. The number of aliphatic hydroxyl groups is 2. The Labute approximate surface area is 644 Å². The normalized spacial score (nSPS) is 19.8. The molecule has 31 heteroatoms. The van der Waals surface area contributed by atoms with Gasteiger partial charge < -0.3 is 102 Å². The van der Waals surface area contributed by atoms with Crippen molar-refractivity contribution in [1.82, 2.24) is 25.5 Å². The number of benzene rings is 2. The van der Waals surface area contributed by atoms with Gasteiger partial charge in [-0.3, -0.25) is 33.6 Å². The van der Waals surface area contributed by atoms with Crippen molar-refractivity contribution in [1.29, 1.82) is 0 Å². The summed E-state index contributed by atoms with van der Waals surface area (Å²) in [6, 6.07) is 10.7. The van der Waals surface area contributed by atoms with E-state index in [1.807, 2.05) is 52.8 Å². The Kier molecular flexibility index (Phi) is 43.7. The van der Waals surface area contributed by atoms with Gasteiger partial charge in [0.05, 0.1) is 167 Å². The van der Waals surface area contributed by atoms with E-state index in [4.69, 9.17) is 71.2 Å². The molecule has 620 valence electrons. The largest absolute Gasteiger partial charge is 0.460 e. The summed E-state index contributed by atoms with van der Waals surface area (Å²) < 4.78 is 79.6. The summed E-state index contributed by atoms with van der Waals surface area (Å²) in [5, 5.41) is 28.7. The van der Waals surface area contributed by atoms with E-state index in [0.29, 0.717) is 110 Å². The van der Waals surface area contributed by atoms with Crippen LogP contribution in [-0.2, 0) is 102 Å². The Morgan fingerprint density at radius 2 is 1.26 bits per heavy atom. The summed E-state index contributed by atoms with van der Waals surface area (Å²) in [5.74, 6) is -5.01. The number of hydroxylamine groups is 1. The number of amides is 6. The van der Waals surface area contributed by atoms with E-state index in [2.05, 4.69) is 16.1 Å². The molecule has 2 aliphatic rings. The third-order valence-corrected chi connectivity index (χ3v) is 19.2. The van der Waals surface area contributed by atoms with E-state index in [0.717, 1.165) is 0 Å². The van der Waals surface area contributed by atoms with Crippen LogP contribution in [0.2, 0.25) is 0 Å². The lowest BCUT2D eigenvalue weighted by molar-refractivity contribution is -0.243. The van der Waals surface area contributed by atoms with Crippen LogP contribution in [0.25, 0.3) is 0 Å². The smallest absolute Gasteiger partial charge is 0.431 e. The zero-order chi connectivity index (χ0) is 80.8. The van der Waals surface area contributed by atoms with Crippen LogP contribution >= 0.6 is 0 Å². The number of nitrogens with zero attached hydrogens (tertiary/aromatic N) is 3. The van der Waals surface area contributed by atoms with E-state index in [1.165, 1.54) is 30.9 Å². The van der Waals surface area contributed by atoms with Gasteiger partial charge in [-0.1, -0.05) is 92.1 Å². The minimum atomic E-state index is -1.31. The number of esters is 1. The number of carbonyl (C=O) groups excluding carboxylic acids is 8. The molecule has 6 amide bonds. The fourth-order valence-electron chi connectivity index (χ4n) is 13.0. The number of rotatable bonds is 52. The number of nitrogens with one attached hydrogen (secondary N) is 3. The molecule has 4 rings (SSSR count). The lowest BCUT2D eigenvalue weighted by atomic mass is 9.84. The van der Waals surface area contributed by atoms with Crippen LogP contribution in [0.15, 0.2) is 48.5 Å². The summed E-state index contributed by atoms with van der Waals surface area (Å²) in [7, 11) is 4.47. The molecule has 31 nitrogen and oxygen atoms in total. The number of hydrogen-bond acceptors (Lipinski definition) is 25. The zero-order valence-corrected chi connectivity index (χ0v) is 67.5. The van der Waals surface area contributed by atoms with Crippen LogP contribution in [0.3, 0.4) is 0 Å². The van der Waals surface area contributed by atoms with Gasteiger partial charge in [-0.25, -0.2) is 9.59 Å². The van der Waals surface area contributed by atoms with Crippen molar-refractivity contribution in [3.63, 3.8) is 0 Å². The molecule has 0 bridgehead atoms. The van der Waals surface area contributed by atoms with E-state index in [1.54, 1.807) is 97.7 Å². The third kappa shape index (κ3) is 33.6. The molecule has 0 spiro atoms. The van der Waals surface area contributed by atoms with Crippen LogP contribution in [-0.4, -0.2) is 273 Å². The first kappa shape index (κ1) is 94.7. The highest BCUT2D eigenvalue weighted by Gasteiger charge is 2.45. The van der Waals surface area contributed by atoms with E-state index in [9.17, 15) is 48.6 Å². The first-order chi connectivity index (χ1) is 51.8. The second kappa shape index (κ2) is 50.3. The molecule has 0 radical (unpaired) electrons. The second-order valence-electron chi connectivity index (χ2n) is 29.2. The first-order valence-corrected chi connectivity index (χ1v) is 38.2. The maximum absolute atomic E-state index is 14.5. The quantitative estimate of drug-likeness (QED) is 0.0189. The third-order valence-electron chi connectivity index (χ3n) is 19.2. The highest BCUT2D eigenvalue weighted by atomic mass is 16.7. The summed E-state index contributed by atoms with van der Waals surface area (Å²) >= 11 is 0. The number of anilines is 1. The van der Waals surface area contributed by atoms with Gasteiger partial charge in [-0.15, -0.1) is 0 Å². The van der Waals surface area contributed by atoms with Crippen molar-refractivity contribution in [2.75, 3.05) is 145 Å². The summed E-state index contributed by atoms with van der Waals surface area (Å²) in [6.45, 7) is 29.6. The topological polar surface area (TPSA) is 361 Å². The number of ether oxygens (including phenoxy) is 14. The van der Waals surface area contributed by atoms with E-state index < -0.39 is 121 Å². The highest BCUT2D eigenvalue weighted by Crippen LogP contribution is 2.36. The van der Waals surface area contributed by atoms with Crippen LogP contribution < -0.4 is 20.9 Å². The van der Waals surface area contributed by atoms with Crippen molar-refractivity contribution >= 4 is 53.3 Å². The molecule has 2 aromatic rings. The summed E-state index contributed by atoms with van der Waals surface area (Å²) in [5.41, 5.74) is 2.81. The van der Waals surface area contributed by atoms with Gasteiger partial charge in [-0.05, 0) is 89.0 Å². The Hall–Kier alpha value is -6.72. The number of carbonyl (C=O) groups is 8. The van der Waals surface area contributed by atoms with Gasteiger partial charge in [0.1, 0.15) is 24.6 Å². The lowest BCUT2D eigenvalue weighted by Gasteiger charge is -2.42. The van der Waals surface area contributed by atoms with Crippen molar-refractivity contribution in [3.8, 4) is 5.75 Å². The summed E-state index contributed by atoms with van der Waals surface area (Å²) in [4.78, 5) is 117. The van der Waals surface area contributed by atoms with Crippen LogP contribution in [0, 0.1) is 35.5 Å². The molecule has 2 unspecified atom stereocenters. The number of likely N-dealkylation sites (N-methyl/N-ethyl adjacent to an activating group) is 2. The standard InChI is InChI=1S/C78H128N6O25/c1-18-51(4)69(64(87)47-67(89)84-28-22-25-62(84)71(95-17)55(8)73(91)79-56(9)70(90)59-23-20-19-21-24-59)82(15)74(92)52(5)45-63(86)68(50(2)3)83(16)77(94)104-48-60-46-61(26-27-65(60)108-75-72(107-58(11)85)54(7)53(6)57(10)106-75)80-66(88)49-103-42-41-101-38-37-99-34-33-97-30-29-96-31-32-98-35-36-100-39-40-102-43-44-105-81-76(93)109-78(12,13)14/h19-21,23-24,26-27,46,50-57,62,64,68-72,75,87,90H,18,22,25,28-45,47-49H2,1-17H3,(H,79,91)(H,80,88)(H,81,93)/t51-,52+,53-,54-,55+,56+,57?,62-,64+,68-,69-,70+,71+,72?,75-/m0/s1. The number of Topliss-reactive ketones (excluding diaryl/α,β-unsaturated/α-hetero) is 1. The Morgan fingerprint density at radius 1 is 0.706 bits per heavy atom.